The lowest BCUT2D eigenvalue weighted by Gasteiger charge is -2.38. The molecule has 120 valence electrons. The van der Waals surface area contributed by atoms with Crippen molar-refractivity contribution in [3.63, 3.8) is 0 Å². The molecule has 5 nitrogen and oxygen atoms in total. The maximum absolute atomic E-state index is 12.3. The standard InChI is InChI=1S/C16H29N3O2/c1-5-8-18-11-12-19(15(18)21)13-6-9-17(10-7-13)14(20)16(2,3)4/h13H,5-12H2,1-4H3. The summed E-state index contributed by atoms with van der Waals surface area (Å²) >= 11 is 0. The molecular weight excluding hydrogens is 266 g/mol. The van der Waals surface area contributed by atoms with Crippen LogP contribution in [0, 0.1) is 5.41 Å². The molecule has 2 heterocycles. The lowest BCUT2D eigenvalue weighted by Crippen LogP contribution is -2.50. The zero-order valence-corrected chi connectivity index (χ0v) is 13.9. The molecule has 0 aromatic carbocycles. The summed E-state index contributed by atoms with van der Waals surface area (Å²) in [6.07, 6.45) is 2.83. The first kappa shape index (κ1) is 16.1. The van der Waals surface area contributed by atoms with Crippen molar-refractivity contribution in [1.29, 1.82) is 0 Å². The van der Waals surface area contributed by atoms with Crippen LogP contribution in [0.4, 0.5) is 4.79 Å². The normalized spacial score (nSPS) is 21.3. The van der Waals surface area contributed by atoms with Gasteiger partial charge in [-0.05, 0) is 19.3 Å². The number of carbonyl (C=O) groups excluding carboxylic acids is 2. The number of hydrogen-bond donors (Lipinski definition) is 0. The Bertz CT molecular complexity index is 395. The van der Waals surface area contributed by atoms with Crippen LogP contribution in [0.2, 0.25) is 0 Å². The van der Waals surface area contributed by atoms with Crippen LogP contribution in [-0.4, -0.2) is 65.4 Å². The smallest absolute Gasteiger partial charge is 0.320 e. The third-order valence-electron chi connectivity index (χ3n) is 4.45. The molecule has 0 aromatic heterocycles. The van der Waals surface area contributed by atoms with E-state index in [9.17, 15) is 9.59 Å². The molecule has 0 atom stereocenters. The van der Waals surface area contributed by atoms with Gasteiger partial charge in [-0.3, -0.25) is 4.79 Å². The second-order valence-corrected chi connectivity index (χ2v) is 7.24. The van der Waals surface area contributed by atoms with Crippen LogP contribution in [0.15, 0.2) is 0 Å². The van der Waals surface area contributed by atoms with Gasteiger partial charge in [0.25, 0.3) is 0 Å². The molecule has 2 rings (SSSR count). The van der Waals surface area contributed by atoms with E-state index in [1.165, 1.54) is 0 Å². The van der Waals surface area contributed by atoms with Gasteiger partial charge in [-0.25, -0.2) is 4.79 Å². The van der Waals surface area contributed by atoms with E-state index in [0.29, 0.717) is 6.04 Å². The fraction of sp³-hybridized carbons (Fsp3) is 0.875. The number of amides is 3. The van der Waals surface area contributed by atoms with Gasteiger partial charge in [0.05, 0.1) is 0 Å². The summed E-state index contributed by atoms with van der Waals surface area (Å²) in [5.41, 5.74) is -0.311. The van der Waals surface area contributed by atoms with Gasteiger partial charge in [-0.2, -0.15) is 0 Å². The summed E-state index contributed by atoms with van der Waals surface area (Å²) in [4.78, 5) is 30.6. The van der Waals surface area contributed by atoms with Crippen LogP contribution < -0.4 is 0 Å². The van der Waals surface area contributed by atoms with E-state index in [1.807, 2.05) is 35.5 Å². The van der Waals surface area contributed by atoms with Gasteiger partial charge in [-0.15, -0.1) is 0 Å². The minimum Gasteiger partial charge on any atom is -0.342 e. The van der Waals surface area contributed by atoms with Gasteiger partial charge in [-0.1, -0.05) is 27.7 Å². The lowest BCUT2D eigenvalue weighted by atomic mass is 9.92. The average Bonchev–Trinajstić information content (AvgIpc) is 2.79. The Balaban J connectivity index is 1.87. The van der Waals surface area contributed by atoms with Gasteiger partial charge < -0.3 is 14.7 Å². The van der Waals surface area contributed by atoms with E-state index < -0.39 is 0 Å². The van der Waals surface area contributed by atoms with Gasteiger partial charge in [0, 0.05) is 44.2 Å². The number of urea groups is 1. The Hall–Kier alpha value is -1.26. The average molecular weight is 295 g/mol. The zero-order chi connectivity index (χ0) is 15.6. The highest BCUT2D eigenvalue weighted by molar-refractivity contribution is 5.81. The number of carbonyl (C=O) groups is 2. The summed E-state index contributed by atoms with van der Waals surface area (Å²) in [5.74, 6) is 0.223. The van der Waals surface area contributed by atoms with E-state index in [0.717, 1.165) is 52.0 Å². The quantitative estimate of drug-likeness (QED) is 0.801. The fourth-order valence-electron chi connectivity index (χ4n) is 3.27. The molecule has 0 N–H and O–H groups in total. The molecule has 0 aromatic rings. The molecule has 0 spiro atoms. The minimum atomic E-state index is -0.311. The van der Waals surface area contributed by atoms with Gasteiger partial charge >= 0.3 is 6.03 Å². The number of piperidine rings is 1. The summed E-state index contributed by atoms with van der Waals surface area (Å²) in [5, 5.41) is 0. The van der Waals surface area contributed by atoms with E-state index in [1.54, 1.807) is 0 Å². The first-order valence-electron chi connectivity index (χ1n) is 8.19. The van der Waals surface area contributed by atoms with Crippen molar-refractivity contribution in [3.05, 3.63) is 0 Å². The molecule has 0 bridgehead atoms. The zero-order valence-electron chi connectivity index (χ0n) is 13.9. The Morgan fingerprint density at radius 2 is 1.76 bits per heavy atom. The molecule has 0 unspecified atom stereocenters. The fourth-order valence-corrected chi connectivity index (χ4v) is 3.27. The van der Waals surface area contributed by atoms with Gasteiger partial charge in [0.1, 0.15) is 0 Å². The molecule has 5 heteroatoms. The van der Waals surface area contributed by atoms with Crippen LogP contribution in [0.1, 0.15) is 47.0 Å². The number of rotatable bonds is 3. The van der Waals surface area contributed by atoms with Crippen molar-refractivity contribution in [2.45, 2.75) is 53.0 Å². The van der Waals surface area contributed by atoms with E-state index in [2.05, 4.69) is 6.92 Å². The van der Waals surface area contributed by atoms with Crippen molar-refractivity contribution in [3.8, 4) is 0 Å². The van der Waals surface area contributed by atoms with Gasteiger partial charge in [0.15, 0.2) is 0 Å². The van der Waals surface area contributed by atoms with Gasteiger partial charge in [0.2, 0.25) is 5.91 Å². The number of hydrogen-bond acceptors (Lipinski definition) is 2. The van der Waals surface area contributed by atoms with E-state index in [4.69, 9.17) is 0 Å². The molecule has 2 fully saturated rings. The molecule has 3 amide bonds. The maximum Gasteiger partial charge on any atom is 0.320 e. The largest absolute Gasteiger partial charge is 0.342 e. The highest BCUT2D eigenvalue weighted by Crippen LogP contribution is 2.25. The van der Waals surface area contributed by atoms with Crippen molar-refractivity contribution >= 4 is 11.9 Å². The van der Waals surface area contributed by atoms with Crippen LogP contribution in [-0.2, 0) is 4.79 Å². The second-order valence-electron chi connectivity index (χ2n) is 7.24. The maximum atomic E-state index is 12.3. The first-order valence-corrected chi connectivity index (χ1v) is 8.19. The highest BCUT2D eigenvalue weighted by Gasteiger charge is 2.37. The first-order chi connectivity index (χ1) is 9.84. The third kappa shape index (κ3) is 3.50. The Labute approximate surface area is 128 Å². The summed E-state index contributed by atoms with van der Waals surface area (Å²) in [6, 6.07) is 0.501. The molecule has 0 saturated carbocycles. The summed E-state index contributed by atoms with van der Waals surface area (Å²) in [7, 11) is 0. The number of likely N-dealkylation sites (tertiary alicyclic amines) is 1. The summed E-state index contributed by atoms with van der Waals surface area (Å²) < 4.78 is 0. The Morgan fingerprint density at radius 3 is 2.29 bits per heavy atom. The molecule has 2 aliphatic rings. The van der Waals surface area contributed by atoms with Crippen LogP contribution in [0.3, 0.4) is 0 Å². The molecule has 21 heavy (non-hydrogen) atoms. The van der Waals surface area contributed by atoms with Crippen molar-refractivity contribution < 1.29 is 9.59 Å². The Kier molecular flexibility index (Phi) is 4.79. The van der Waals surface area contributed by atoms with Crippen LogP contribution in [0.5, 0.6) is 0 Å². The second kappa shape index (κ2) is 6.24. The molecular formula is C16H29N3O2. The van der Waals surface area contributed by atoms with E-state index >= 15 is 0 Å². The predicted molar refractivity (Wildman–Crippen MR) is 83.0 cm³/mol. The van der Waals surface area contributed by atoms with E-state index in [-0.39, 0.29) is 17.4 Å². The molecule has 2 aliphatic heterocycles. The highest BCUT2D eigenvalue weighted by atomic mass is 16.2. The van der Waals surface area contributed by atoms with Crippen molar-refractivity contribution in [2.75, 3.05) is 32.7 Å². The summed E-state index contributed by atoms with van der Waals surface area (Å²) in [6.45, 7) is 12.1. The monoisotopic (exact) mass is 295 g/mol. The Morgan fingerprint density at radius 1 is 1.14 bits per heavy atom. The van der Waals surface area contributed by atoms with Crippen molar-refractivity contribution in [1.82, 2.24) is 14.7 Å². The third-order valence-corrected chi connectivity index (χ3v) is 4.45. The van der Waals surface area contributed by atoms with Crippen LogP contribution >= 0.6 is 0 Å². The minimum absolute atomic E-state index is 0.192. The SMILES string of the molecule is CCCN1CCN(C2CCN(C(=O)C(C)(C)C)CC2)C1=O. The van der Waals surface area contributed by atoms with Crippen LogP contribution in [0.25, 0.3) is 0 Å². The topological polar surface area (TPSA) is 43.9 Å². The predicted octanol–water partition coefficient (Wildman–Crippen LogP) is 2.17. The lowest BCUT2D eigenvalue weighted by molar-refractivity contribution is -0.140. The molecule has 0 radical (unpaired) electrons. The number of nitrogens with zero attached hydrogens (tertiary/aromatic N) is 3. The van der Waals surface area contributed by atoms with Crippen molar-refractivity contribution in [2.24, 2.45) is 5.41 Å². The molecule has 2 saturated heterocycles. The molecule has 0 aliphatic carbocycles.